The van der Waals surface area contributed by atoms with E-state index in [2.05, 4.69) is 26.3 Å². The lowest BCUT2D eigenvalue weighted by molar-refractivity contribution is -0.142. The van der Waals surface area contributed by atoms with Crippen LogP contribution in [0.3, 0.4) is 0 Å². The third kappa shape index (κ3) is 3.74. The van der Waals surface area contributed by atoms with Crippen molar-refractivity contribution in [1.82, 2.24) is 15.1 Å². The molecule has 1 N–H and O–H groups in total. The first-order valence-corrected chi connectivity index (χ1v) is 6.94. The summed E-state index contributed by atoms with van der Waals surface area (Å²) in [5.74, 6) is -0.0899. The molecule has 0 aromatic carbocycles. The predicted molar refractivity (Wildman–Crippen MR) is 72.2 cm³/mol. The third-order valence-corrected chi connectivity index (χ3v) is 3.73. The van der Waals surface area contributed by atoms with Crippen LogP contribution >= 0.6 is 15.9 Å². The molecule has 1 amide bonds. The molecule has 0 bridgehead atoms. The number of hydrogen-bond donors (Lipinski definition) is 1. The van der Waals surface area contributed by atoms with Crippen molar-refractivity contribution < 1.29 is 18.0 Å². The van der Waals surface area contributed by atoms with Gasteiger partial charge in [0.2, 0.25) is 5.91 Å². The highest BCUT2D eigenvalue weighted by Gasteiger charge is 2.38. The van der Waals surface area contributed by atoms with Gasteiger partial charge in [-0.05, 0) is 35.7 Å². The van der Waals surface area contributed by atoms with Gasteiger partial charge in [0.25, 0.3) is 0 Å². The average Bonchev–Trinajstić information content (AvgIpc) is 2.62. The molecule has 4 nitrogen and oxygen atoms in total. The van der Waals surface area contributed by atoms with E-state index in [1.54, 1.807) is 0 Å². The largest absolute Gasteiger partial charge is 0.436 e. The maximum Gasteiger partial charge on any atom is 0.436 e. The number of halogens is 4. The summed E-state index contributed by atoms with van der Waals surface area (Å²) in [5, 5.41) is 6.19. The van der Waals surface area contributed by atoms with Crippen LogP contribution in [0.2, 0.25) is 0 Å². The zero-order chi connectivity index (χ0) is 15.7. The molecule has 0 aliphatic carbocycles. The molecule has 0 aliphatic rings. The van der Waals surface area contributed by atoms with Crippen molar-refractivity contribution in [3.8, 4) is 0 Å². The van der Waals surface area contributed by atoms with Crippen LogP contribution in [0.4, 0.5) is 13.2 Å². The molecular formula is C12H17BrF3N3O. The van der Waals surface area contributed by atoms with E-state index in [0.29, 0.717) is 6.54 Å². The second kappa shape index (κ2) is 6.15. The lowest BCUT2D eigenvalue weighted by Crippen LogP contribution is -2.34. The summed E-state index contributed by atoms with van der Waals surface area (Å²) in [6, 6.07) is -0.804. The minimum Gasteiger partial charge on any atom is -0.354 e. The fourth-order valence-electron chi connectivity index (χ4n) is 1.62. The number of rotatable bonds is 4. The van der Waals surface area contributed by atoms with Gasteiger partial charge in [0, 0.05) is 6.54 Å². The quantitative estimate of drug-likeness (QED) is 0.900. The Morgan fingerprint density at radius 1 is 1.40 bits per heavy atom. The van der Waals surface area contributed by atoms with E-state index >= 15 is 0 Å². The highest BCUT2D eigenvalue weighted by Crippen LogP contribution is 2.36. The number of amides is 1. The number of aromatic nitrogens is 2. The molecule has 1 unspecified atom stereocenters. The maximum absolute atomic E-state index is 12.8. The zero-order valence-corrected chi connectivity index (χ0v) is 13.3. The normalized spacial score (nSPS) is 13.7. The molecule has 0 spiro atoms. The monoisotopic (exact) mass is 355 g/mol. The molecule has 1 rings (SSSR count). The van der Waals surface area contributed by atoms with Gasteiger partial charge >= 0.3 is 6.18 Å². The van der Waals surface area contributed by atoms with Crippen LogP contribution in [-0.4, -0.2) is 22.2 Å². The Morgan fingerprint density at radius 3 is 2.35 bits per heavy atom. The lowest BCUT2D eigenvalue weighted by Gasteiger charge is -2.15. The smallest absolute Gasteiger partial charge is 0.354 e. The summed E-state index contributed by atoms with van der Waals surface area (Å²) in [6.45, 7) is 7.34. The van der Waals surface area contributed by atoms with Crippen molar-refractivity contribution in [3.05, 3.63) is 15.9 Å². The summed E-state index contributed by atoms with van der Waals surface area (Å²) in [5.41, 5.74) is -0.747. The van der Waals surface area contributed by atoms with Crippen molar-refractivity contribution in [2.45, 2.75) is 39.9 Å². The van der Waals surface area contributed by atoms with Crippen LogP contribution < -0.4 is 5.32 Å². The number of nitrogens with zero attached hydrogens (tertiary/aromatic N) is 2. The van der Waals surface area contributed by atoms with Crippen molar-refractivity contribution in [3.63, 3.8) is 0 Å². The van der Waals surface area contributed by atoms with E-state index in [1.165, 1.54) is 13.8 Å². The Balaban J connectivity index is 3.00. The van der Waals surface area contributed by atoms with Crippen molar-refractivity contribution in [1.29, 1.82) is 0 Å². The number of carbonyl (C=O) groups excluding carboxylic acids is 1. The predicted octanol–water partition coefficient (Wildman–Crippen LogP) is 3.31. The van der Waals surface area contributed by atoms with Gasteiger partial charge in [-0.3, -0.25) is 9.48 Å². The second-order valence-corrected chi connectivity index (χ2v) is 5.80. The number of hydrogen-bond acceptors (Lipinski definition) is 2. The molecule has 0 aliphatic heterocycles. The first-order valence-electron chi connectivity index (χ1n) is 6.15. The summed E-state index contributed by atoms with van der Waals surface area (Å²) >= 11 is 2.88. The first-order chi connectivity index (χ1) is 9.05. The van der Waals surface area contributed by atoms with Gasteiger partial charge in [0.1, 0.15) is 6.04 Å². The van der Waals surface area contributed by atoms with Crippen LogP contribution in [0.5, 0.6) is 0 Å². The molecule has 0 saturated heterocycles. The minimum absolute atomic E-state index is 0.131. The number of nitrogens with one attached hydrogen (secondary N) is 1. The average molecular weight is 356 g/mol. The Labute approximate surface area is 123 Å². The molecule has 1 atom stereocenters. The standard InChI is InChI=1S/C12H17BrF3N3O/c1-6(2)5-17-11(20)8(4)19-7(3)9(13)10(18-19)12(14,15)16/h6,8H,5H2,1-4H3,(H,17,20). The Bertz CT molecular complexity index is 497. The van der Waals surface area contributed by atoms with E-state index in [9.17, 15) is 18.0 Å². The minimum atomic E-state index is -4.55. The van der Waals surface area contributed by atoms with Gasteiger partial charge in [-0.2, -0.15) is 18.3 Å². The maximum atomic E-state index is 12.8. The summed E-state index contributed by atoms with van der Waals surface area (Å²) in [4.78, 5) is 11.9. The third-order valence-electron chi connectivity index (χ3n) is 2.78. The van der Waals surface area contributed by atoms with Crippen LogP contribution in [0, 0.1) is 12.8 Å². The molecule has 1 heterocycles. The summed E-state index contributed by atoms with van der Waals surface area (Å²) < 4.78 is 39.2. The molecular weight excluding hydrogens is 339 g/mol. The van der Waals surface area contributed by atoms with Gasteiger partial charge in [-0.15, -0.1) is 0 Å². The van der Waals surface area contributed by atoms with Crippen LogP contribution in [0.15, 0.2) is 4.47 Å². The van der Waals surface area contributed by atoms with E-state index in [0.717, 1.165) is 4.68 Å². The Morgan fingerprint density at radius 2 is 1.95 bits per heavy atom. The van der Waals surface area contributed by atoms with E-state index in [1.807, 2.05) is 13.8 Å². The summed E-state index contributed by atoms with van der Waals surface area (Å²) in [7, 11) is 0. The Kier molecular flexibility index (Phi) is 5.23. The molecule has 114 valence electrons. The molecule has 1 aromatic rings. The molecule has 1 aromatic heterocycles. The van der Waals surface area contributed by atoms with Gasteiger partial charge in [0.15, 0.2) is 5.69 Å². The lowest BCUT2D eigenvalue weighted by atomic mass is 10.2. The molecule has 0 fully saturated rings. The van der Waals surface area contributed by atoms with Crippen molar-refractivity contribution in [2.75, 3.05) is 6.54 Å². The van der Waals surface area contributed by atoms with E-state index < -0.39 is 17.9 Å². The molecule has 0 saturated carbocycles. The number of alkyl halides is 3. The highest BCUT2D eigenvalue weighted by molar-refractivity contribution is 9.10. The van der Waals surface area contributed by atoms with Crippen LogP contribution in [-0.2, 0) is 11.0 Å². The van der Waals surface area contributed by atoms with Gasteiger partial charge in [-0.1, -0.05) is 13.8 Å². The van der Waals surface area contributed by atoms with Gasteiger partial charge in [0.05, 0.1) is 10.2 Å². The van der Waals surface area contributed by atoms with Gasteiger partial charge in [-0.25, -0.2) is 0 Å². The Hall–Kier alpha value is -1.05. The topological polar surface area (TPSA) is 46.9 Å². The van der Waals surface area contributed by atoms with E-state index in [-0.39, 0.29) is 22.0 Å². The number of carbonyl (C=O) groups is 1. The highest BCUT2D eigenvalue weighted by atomic mass is 79.9. The summed E-state index contributed by atoms with van der Waals surface area (Å²) in [6.07, 6.45) is -4.55. The van der Waals surface area contributed by atoms with Crippen LogP contribution in [0.25, 0.3) is 0 Å². The van der Waals surface area contributed by atoms with Crippen molar-refractivity contribution in [2.24, 2.45) is 5.92 Å². The van der Waals surface area contributed by atoms with Gasteiger partial charge < -0.3 is 5.32 Å². The molecule has 8 heteroatoms. The SMILES string of the molecule is Cc1c(Br)c(C(F)(F)F)nn1C(C)C(=O)NCC(C)C. The van der Waals surface area contributed by atoms with E-state index in [4.69, 9.17) is 0 Å². The van der Waals surface area contributed by atoms with Crippen LogP contribution in [0.1, 0.15) is 38.2 Å². The fourth-order valence-corrected chi connectivity index (χ4v) is 2.11. The fraction of sp³-hybridized carbons (Fsp3) is 0.667. The van der Waals surface area contributed by atoms with Crippen molar-refractivity contribution >= 4 is 21.8 Å². The second-order valence-electron chi connectivity index (χ2n) is 5.01. The first kappa shape index (κ1) is 17.0. The molecule has 20 heavy (non-hydrogen) atoms. The zero-order valence-electron chi connectivity index (χ0n) is 11.7. The molecule has 0 radical (unpaired) electrons.